The highest BCUT2D eigenvalue weighted by atomic mass is 32.1. The van der Waals surface area contributed by atoms with Crippen molar-refractivity contribution in [2.75, 3.05) is 0 Å². The van der Waals surface area contributed by atoms with Crippen molar-refractivity contribution in [2.45, 2.75) is 6.92 Å². The molecule has 0 saturated carbocycles. The average Bonchev–Trinajstić information content (AvgIpc) is 2.43. The second-order valence-corrected chi connectivity index (χ2v) is 4.01. The van der Waals surface area contributed by atoms with Gasteiger partial charge in [-0.15, -0.1) is 11.3 Å². The zero-order chi connectivity index (χ0) is 9.42. The maximum absolute atomic E-state index is 9.07. The molecule has 0 aliphatic rings. The molecular weight excluding hydrogens is 185 g/mol. The van der Waals surface area contributed by atoms with Gasteiger partial charge in [0.15, 0.2) is 0 Å². The number of thiazole rings is 1. The van der Waals surface area contributed by atoms with Crippen molar-refractivity contribution in [3.8, 4) is 0 Å². The fourth-order valence-electron chi connectivity index (χ4n) is 1.28. The van der Waals surface area contributed by atoms with Crippen molar-refractivity contribution in [1.29, 1.82) is 0 Å². The maximum Gasteiger partial charge on any atom is 0.489 e. The number of hydrogen-bond donors (Lipinski definition) is 2. The number of fused-ring (bicyclic) bond motifs is 1. The summed E-state index contributed by atoms with van der Waals surface area (Å²) >= 11 is 1.48. The van der Waals surface area contributed by atoms with Gasteiger partial charge >= 0.3 is 7.12 Å². The lowest BCUT2D eigenvalue weighted by molar-refractivity contribution is 0.426. The van der Waals surface area contributed by atoms with Gasteiger partial charge in [-0.3, -0.25) is 0 Å². The first kappa shape index (κ1) is 8.68. The van der Waals surface area contributed by atoms with Gasteiger partial charge in [0, 0.05) is 5.46 Å². The molecule has 0 aliphatic carbocycles. The van der Waals surface area contributed by atoms with E-state index in [4.69, 9.17) is 10.0 Å². The molecular formula is C8H8BNO2S. The van der Waals surface area contributed by atoms with E-state index in [9.17, 15) is 0 Å². The molecule has 13 heavy (non-hydrogen) atoms. The Morgan fingerprint density at radius 3 is 2.85 bits per heavy atom. The lowest BCUT2D eigenvalue weighted by atomic mass is 9.80. The van der Waals surface area contributed by atoms with Crippen LogP contribution in [0, 0.1) is 6.92 Å². The van der Waals surface area contributed by atoms with Gasteiger partial charge in [-0.25, -0.2) is 4.98 Å². The molecule has 1 aromatic heterocycles. The molecule has 0 radical (unpaired) electrons. The molecule has 2 N–H and O–H groups in total. The molecule has 0 atom stereocenters. The zero-order valence-corrected chi connectivity index (χ0v) is 7.88. The lowest BCUT2D eigenvalue weighted by Crippen LogP contribution is -2.29. The van der Waals surface area contributed by atoms with Crippen LogP contribution in [0.2, 0.25) is 0 Å². The van der Waals surface area contributed by atoms with E-state index in [1.165, 1.54) is 11.3 Å². The smallest absolute Gasteiger partial charge is 0.423 e. The molecule has 2 rings (SSSR count). The number of hydrogen-bond acceptors (Lipinski definition) is 4. The van der Waals surface area contributed by atoms with Crippen LogP contribution in [-0.2, 0) is 0 Å². The molecule has 2 aromatic rings. The minimum Gasteiger partial charge on any atom is -0.423 e. The molecule has 1 aromatic carbocycles. The third-order valence-corrected chi connectivity index (χ3v) is 2.87. The van der Waals surface area contributed by atoms with Gasteiger partial charge in [-0.05, 0) is 13.0 Å². The molecule has 0 bridgehead atoms. The van der Waals surface area contributed by atoms with Gasteiger partial charge in [-0.1, -0.05) is 12.1 Å². The fourth-order valence-corrected chi connectivity index (χ4v) is 2.23. The fraction of sp³-hybridized carbons (Fsp3) is 0.125. The summed E-state index contributed by atoms with van der Waals surface area (Å²) < 4.78 is 0.856. The van der Waals surface area contributed by atoms with Crippen LogP contribution in [0.25, 0.3) is 10.2 Å². The topological polar surface area (TPSA) is 53.4 Å². The van der Waals surface area contributed by atoms with Gasteiger partial charge in [0.1, 0.15) is 0 Å². The minimum atomic E-state index is -1.41. The van der Waals surface area contributed by atoms with Gasteiger partial charge in [0.25, 0.3) is 0 Å². The van der Waals surface area contributed by atoms with Crippen LogP contribution in [0.1, 0.15) is 5.01 Å². The highest BCUT2D eigenvalue weighted by Crippen LogP contribution is 2.19. The van der Waals surface area contributed by atoms with E-state index in [1.54, 1.807) is 12.1 Å². The number of aromatic nitrogens is 1. The zero-order valence-electron chi connectivity index (χ0n) is 7.06. The molecule has 3 nitrogen and oxygen atoms in total. The molecule has 0 fully saturated rings. The first-order chi connectivity index (χ1) is 6.18. The summed E-state index contributed by atoms with van der Waals surface area (Å²) in [5.41, 5.74) is 1.36. The Labute approximate surface area is 79.8 Å². The van der Waals surface area contributed by atoms with Crippen molar-refractivity contribution in [3.05, 3.63) is 23.2 Å². The third-order valence-electron chi connectivity index (χ3n) is 1.83. The van der Waals surface area contributed by atoms with Gasteiger partial charge in [-0.2, -0.15) is 0 Å². The Bertz CT molecular complexity index is 441. The molecule has 0 unspecified atom stereocenters. The van der Waals surface area contributed by atoms with Crippen molar-refractivity contribution < 1.29 is 10.0 Å². The summed E-state index contributed by atoms with van der Waals surface area (Å²) in [7, 11) is -1.41. The second-order valence-electron chi connectivity index (χ2n) is 2.80. The number of aryl methyl sites for hydroxylation is 1. The third kappa shape index (κ3) is 1.46. The summed E-state index contributed by atoms with van der Waals surface area (Å²) in [5, 5.41) is 19.1. The van der Waals surface area contributed by atoms with E-state index >= 15 is 0 Å². The molecule has 0 amide bonds. The van der Waals surface area contributed by atoms with Crippen LogP contribution in [0.5, 0.6) is 0 Å². The van der Waals surface area contributed by atoms with Crippen molar-refractivity contribution in [3.63, 3.8) is 0 Å². The normalized spacial score (nSPS) is 10.7. The quantitative estimate of drug-likeness (QED) is 0.639. The van der Waals surface area contributed by atoms with Crippen LogP contribution in [0.3, 0.4) is 0 Å². The van der Waals surface area contributed by atoms with Crippen molar-refractivity contribution in [2.24, 2.45) is 0 Å². The maximum atomic E-state index is 9.07. The van der Waals surface area contributed by atoms with E-state index < -0.39 is 7.12 Å². The molecule has 0 saturated heterocycles. The highest BCUT2D eigenvalue weighted by molar-refractivity contribution is 7.20. The Kier molecular flexibility index (Phi) is 2.07. The van der Waals surface area contributed by atoms with Gasteiger partial charge < -0.3 is 10.0 Å². The predicted octanol–water partition coefficient (Wildman–Crippen LogP) is 0.285. The number of rotatable bonds is 1. The Hall–Kier alpha value is -0.905. The number of benzene rings is 1. The molecule has 0 spiro atoms. The Morgan fingerprint density at radius 2 is 2.15 bits per heavy atom. The van der Waals surface area contributed by atoms with Crippen LogP contribution in [0.15, 0.2) is 18.2 Å². The van der Waals surface area contributed by atoms with Gasteiger partial charge in [0.05, 0.1) is 15.2 Å². The van der Waals surface area contributed by atoms with Crippen LogP contribution in [-0.4, -0.2) is 22.2 Å². The van der Waals surface area contributed by atoms with Crippen molar-refractivity contribution in [1.82, 2.24) is 4.98 Å². The first-order valence-electron chi connectivity index (χ1n) is 3.90. The molecule has 66 valence electrons. The second kappa shape index (κ2) is 3.10. The lowest BCUT2D eigenvalue weighted by Gasteiger charge is -1.98. The summed E-state index contributed by atoms with van der Waals surface area (Å²) in [5.74, 6) is 0. The SMILES string of the molecule is Cc1nc2cccc(B(O)O)c2s1. The first-order valence-corrected chi connectivity index (χ1v) is 4.72. The molecule has 5 heteroatoms. The summed E-state index contributed by atoms with van der Waals surface area (Å²) in [6.07, 6.45) is 0. The van der Waals surface area contributed by atoms with E-state index in [0.717, 1.165) is 15.2 Å². The van der Waals surface area contributed by atoms with E-state index in [-0.39, 0.29) is 0 Å². The van der Waals surface area contributed by atoms with Crippen LogP contribution in [0.4, 0.5) is 0 Å². The molecule has 0 aliphatic heterocycles. The Morgan fingerprint density at radius 1 is 1.38 bits per heavy atom. The standard InChI is InChI=1S/C8H8BNO2S/c1-5-10-7-4-2-3-6(9(11)12)8(7)13-5/h2-4,11-12H,1H3. The van der Waals surface area contributed by atoms with Crippen LogP contribution < -0.4 is 5.46 Å². The van der Waals surface area contributed by atoms with Crippen LogP contribution >= 0.6 is 11.3 Å². The predicted molar refractivity (Wildman–Crippen MR) is 54.2 cm³/mol. The minimum absolute atomic E-state index is 0.531. The van der Waals surface area contributed by atoms with E-state index in [1.807, 2.05) is 13.0 Å². The molecule has 1 heterocycles. The van der Waals surface area contributed by atoms with E-state index in [0.29, 0.717) is 5.46 Å². The largest absolute Gasteiger partial charge is 0.489 e. The monoisotopic (exact) mass is 193 g/mol. The van der Waals surface area contributed by atoms with E-state index in [2.05, 4.69) is 4.98 Å². The average molecular weight is 193 g/mol. The summed E-state index contributed by atoms with van der Waals surface area (Å²) in [6.45, 7) is 1.90. The number of nitrogens with zero attached hydrogens (tertiary/aromatic N) is 1. The van der Waals surface area contributed by atoms with Crippen molar-refractivity contribution >= 4 is 34.1 Å². The Balaban J connectivity index is 2.75. The summed E-state index contributed by atoms with van der Waals surface area (Å²) in [6, 6.07) is 5.34. The highest BCUT2D eigenvalue weighted by Gasteiger charge is 2.16. The van der Waals surface area contributed by atoms with Gasteiger partial charge in [0.2, 0.25) is 0 Å². The summed E-state index contributed by atoms with van der Waals surface area (Å²) in [4.78, 5) is 4.25.